The highest BCUT2D eigenvalue weighted by Gasteiger charge is 2.30. The number of rotatable bonds is 4. The zero-order chi connectivity index (χ0) is 12.3. The minimum atomic E-state index is -0.201. The lowest BCUT2D eigenvalue weighted by molar-refractivity contribution is -0.119. The standard InChI is InChI=1S/C14H16O3/c1-10(15)8-14-13(16-2)9-12(17-14)11-6-4-3-5-7-11/h3-7,9,13-14H,8H2,1-2H3. The van der Waals surface area contributed by atoms with E-state index in [1.165, 1.54) is 0 Å². The van der Waals surface area contributed by atoms with Crippen LogP contribution in [0.25, 0.3) is 5.76 Å². The van der Waals surface area contributed by atoms with Gasteiger partial charge in [0.2, 0.25) is 0 Å². The van der Waals surface area contributed by atoms with Gasteiger partial charge in [-0.25, -0.2) is 0 Å². The number of hydrogen-bond acceptors (Lipinski definition) is 3. The van der Waals surface area contributed by atoms with Gasteiger partial charge >= 0.3 is 0 Å². The van der Waals surface area contributed by atoms with E-state index in [4.69, 9.17) is 9.47 Å². The molecule has 3 nitrogen and oxygen atoms in total. The largest absolute Gasteiger partial charge is 0.487 e. The van der Waals surface area contributed by atoms with Crippen molar-refractivity contribution in [2.75, 3.05) is 7.11 Å². The third-order valence-electron chi connectivity index (χ3n) is 2.78. The molecule has 0 aromatic heterocycles. The Bertz CT molecular complexity index is 422. The van der Waals surface area contributed by atoms with Gasteiger partial charge in [0.25, 0.3) is 0 Å². The van der Waals surface area contributed by atoms with Gasteiger partial charge < -0.3 is 9.47 Å². The number of ketones is 1. The Morgan fingerprint density at radius 3 is 2.65 bits per heavy atom. The molecule has 1 aliphatic rings. The monoisotopic (exact) mass is 232 g/mol. The zero-order valence-electron chi connectivity index (χ0n) is 10.1. The molecule has 0 N–H and O–H groups in total. The van der Waals surface area contributed by atoms with Gasteiger partial charge in [-0.05, 0) is 13.0 Å². The fourth-order valence-corrected chi connectivity index (χ4v) is 1.95. The number of carbonyl (C=O) groups excluding carboxylic acids is 1. The van der Waals surface area contributed by atoms with Crippen LogP contribution in [-0.4, -0.2) is 25.1 Å². The molecule has 1 aromatic rings. The average molecular weight is 232 g/mol. The molecule has 0 spiro atoms. The van der Waals surface area contributed by atoms with Gasteiger partial charge in [-0.15, -0.1) is 0 Å². The number of hydrogen-bond donors (Lipinski definition) is 0. The topological polar surface area (TPSA) is 35.5 Å². The SMILES string of the molecule is COC1C=C(c2ccccc2)OC1CC(C)=O. The van der Waals surface area contributed by atoms with Crippen LogP contribution >= 0.6 is 0 Å². The van der Waals surface area contributed by atoms with Crippen molar-refractivity contribution in [2.24, 2.45) is 0 Å². The van der Waals surface area contributed by atoms with Gasteiger partial charge in [0, 0.05) is 19.1 Å². The first kappa shape index (κ1) is 11.9. The Morgan fingerprint density at radius 2 is 2.06 bits per heavy atom. The zero-order valence-corrected chi connectivity index (χ0v) is 10.1. The second-order valence-electron chi connectivity index (χ2n) is 4.16. The molecule has 90 valence electrons. The van der Waals surface area contributed by atoms with Crippen molar-refractivity contribution in [1.29, 1.82) is 0 Å². The Balaban J connectivity index is 2.14. The lowest BCUT2D eigenvalue weighted by Gasteiger charge is -2.16. The lowest BCUT2D eigenvalue weighted by atomic mass is 10.1. The molecule has 1 heterocycles. The molecular formula is C14H16O3. The molecule has 1 aromatic carbocycles. The quantitative estimate of drug-likeness (QED) is 0.799. The van der Waals surface area contributed by atoms with Crippen LogP contribution in [0.1, 0.15) is 18.9 Å². The molecule has 0 saturated heterocycles. The number of benzene rings is 1. The highest BCUT2D eigenvalue weighted by atomic mass is 16.5. The van der Waals surface area contributed by atoms with Gasteiger partial charge in [-0.1, -0.05) is 30.3 Å². The van der Waals surface area contributed by atoms with Crippen LogP contribution in [0, 0.1) is 0 Å². The van der Waals surface area contributed by atoms with Crippen LogP contribution in [0.4, 0.5) is 0 Å². The Kier molecular flexibility index (Phi) is 3.59. The highest BCUT2D eigenvalue weighted by Crippen LogP contribution is 2.29. The first-order valence-corrected chi connectivity index (χ1v) is 5.67. The summed E-state index contributed by atoms with van der Waals surface area (Å²) in [4.78, 5) is 11.1. The van der Waals surface area contributed by atoms with Crippen molar-refractivity contribution in [3.8, 4) is 0 Å². The molecule has 0 saturated carbocycles. The van der Waals surface area contributed by atoms with Crippen LogP contribution in [0.15, 0.2) is 36.4 Å². The van der Waals surface area contributed by atoms with Crippen molar-refractivity contribution in [1.82, 2.24) is 0 Å². The summed E-state index contributed by atoms with van der Waals surface area (Å²) in [6, 6.07) is 9.84. The van der Waals surface area contributed by atoms with Crippen molar-refractivity contribution >= 4 is 11.5 Å². The summed E-state index contributed by atoms with van der Waals surface area (Å²) in [5, 5.41) is 0. The minimum absolute atomic E-state index is 0.111. The molecule has 0 aliphatic carbocycles. The average Bonchev–Trinajstić information content (AvgIpc) is 2.72. The molecule has 2 unspecified atom stereocenters. The highest BCUT2D eigenvalue weighted by molar-refractivity contribution is 5.76. The Hall–Kier alpha value is -1.61. The van der Waals surface area contributed by atoms with E-state index >= 15 is 0 Å². The summed E-state index contributed by atoms with van der Waals surface area (Å²) in [5.41, 5.74) is 1.01. The van der Waals surface area contributed by atoms with E-state index in [1.54, 1.807) is 14.0 Å². The molecule has 1 aliphatic heterocycles. The summed E-state index contributed by atoms with van der Waals surface area (Å²) in [6.45, 7) is 1.57. The molecule has 17 heavy (non-hydrogen) atoms. The predicted octanol–water partition coefficient (Wildman–Crippen LogP) is 2.42. The molecule has 2 atom stereocenters. The van der Waals surface area contributed by atoms with E-state index in [9.17, 15) is 4.79 Å². The van der Waals surface area contributed by atoms with Crippen molar-refractivity contribution in [3.05, 3.63) is 42.0 Å². The van der Waals surface area contributed by atoms with Crippen LogP contribution in [0.2, 0.25) is 0 Å². The third-order valence-corrected chi connectivity index (χ3v) is 2.78. The van der Waals surface area contributed by atoms with Crippen LogP contribution in [0.3, 0.4) is 0 Å². The fraction of sp³-hybridized carbons (Fsp3) is 0.357. The second kappa shape index (κ2) is 5.15. The molecular weight excluding hydrogens is 216 g/mol. The molecule has 2 rings (SSSR count). The van der Waals surface area contributed by atoms with E-state index in [0.717, 1.165) is 11.3 Å². The van der Waals surface area contributed by atoms with E-state index in [2.05, 4.69) is 0 Å². The van der Waals surface area contributed by atoms with Gasteiger partial charge in [0.15, 0.2) is 0 Å². The second-order valence-corrected chi connectivity index (χ2v) is 4.16. The van der Waals surface area contributed by atoms with Gasteiger partial charge in [-0.3, -0.25) is 4.79 Å². The maximum atomic E-state index is 11.1. The summed E-state index contributed by atoms with van der Waals surface area (Å²) in [7, 11) is 1.63. The number of Topliss-reactive ketones (excluding diaryl/α,β-unsaturated/α-hetero) is 1. The molecule has 0 fully saturated rings. The Morgan fingerprint density at radius 1 is 1.35 bits per heavy atom. The summed E-state index contributed by atoms with van der Waals surface area (Å²) in [5.74, 6) is 0.906. The van der Waals surface area contributed by atoms with E-state index in [-0.39, 0.29) is 18.0 Å². The van der Waals surface area contributed by atoms with Gasteiger partial charge in [0.05, 0.1) is 0 Å². The number of methoxy groups -OCH3 is 1. The minimum Gasteiger partial charge on any atom is -0.487 e. The third kappa shape index (κ3) is 2.74. The number of carbonyl (C=O) groups is 1. The molecule has 0 radical (unpaired) electrons. The lowest BCUT2D eigenvalue weighted by Crippen LogP contribution is -2.25. The van der Waals surface area contributed by atoms with E-state index in [1.807, 2.05) is 36.4 Å². The fourth-order valence-electron chi connectivity index (χ4n) is 1.95. The predicted molar refractivity (Wildman–Crippen MR) is 65.4 cm³/mol. The van der Waals surface area contributed by atoms with E-state index < -0.39 is 0 Å². The smallest absolute Gasteiger partial charge is 0.135 e. The molecule has 0 bridgehead atoms. The normalized spacial score (nSPS) is 23.1. The van der Waals surface area contributed by atoms with Crippen LogP contribution in [0.5, 0.6) is 0 Å². The Labute approximate surface area is 101 Å². The summed E-state index contributed by atoms with van der Waals surface area (Å²) in [6.07, 6.45) is 1.97. The molecule has 3 heteroatoms. The van der Waals surface area contributed by atoms with Crippen molar-refractivity contribution in [2.45, 2.75) is 25.6 Å². The number of ether oxygens (including phenoxy) is 2. The first-order chi connectivity index (χ1) is 8.20. The van der Waals surface area contributed by atoms with Crippen LogP contribution < -0.4 is 0 Å². The van der Waals surface area contributed by atoms with Crippen LogP contribution in [-0.2, 0) is 14.3 Å². The van der Waals surface area contributed by atoms with Crippen molar-refractivity contribution in [3.63, 3.8) is 0 Å². The van der Waals surface area contributed by atoms with E-state index in [0.29, 0.717) is 6.42 Å². The maximum Gasteiger partial charge on any atom is 0.135 e. The summed E-state index contributed by atoms with van der Waals surface area (Å²) >= 11 is 0. The maximum absolute atomic E-state index is 11.1. The first-order valence-electron chi connectivity index (χ1n) is 5.67. The van der Waals surface area contributed by atoms with Gasteiger partial charge in [0.1, 0.15) is 23.8 Å². The summed E-state index contributed by atoms with van der Waals surface area (Å²) < 4.78 is 11.1. The molecule has 0 amide bonds. The van der Waals surface area contributed by atoms with Gasteiger partial charge in [-0.2, -0.15) is 0 Å². The van der Waals surface area contributed by atoms with Crippen molar-refractivity contribution < 1.29 is 14.3 Å².